The first kappa shape index (κ1) is 16.1. The molecule has 1 unspecified atom stereocenters. The van der Waals surface area contributed by atoms with Crippen LogP contribution in [0.5, 0.6) is 0 Å². The van der Waals surface area contributed by atoms with E-state index in [0.717, 1.165) is 6.54 Å². The van der Waals surface area contributed by atoms with Gasteiger partial charge in [-0.2, -0.15) is 11.8 Å². The first-order valence-corrected chi connectivity index (χ1v) is 9.49. The van der Waals surface area contributed by atoms with Crippen LogP contribution in [0, 0.1) is 0 Å². The summed E-state index contributed by atoms with van der Waals surface area (Å²) in [6.07, 6.45) is 1.29. The van der Waals surface area contributed by atoms with E-state index in [9.17, 15) is 0 Å². The molecular weight excluding hydrogens is 286 g/mol. The third kappa shape index (κ3) is 3.89. The van der Waals surface area contributed by atoms with Gasteiger partial charge in [-0.15, -0.1) is 11.3 Å². The fourth-order valence-corrected chi connectivity index (χ4v) is 4.83. The summed E-state index contributed by atoms with van der Waals surface area (Å²) in [5, 5.41) is 4.72. The number of aromatic nitrogens is 1. The summed E-state index contributed by atoms with van der Waals surface area (Å²) in [6, 6.07) is 1.18. The minimum absolute atomic E-state index is 0.496. The maximum atomic E-state index is 4.93. The Morgan fingerprint density at radius 2 is 2.10 bits per heavy atom. The summed E-state index contributed by atoms with van der Waals surface area (Å²) in [4.78, 5) is 8.73. The summed E-state index contributed by atoms with van der Waals surface area (Å²) < 4.78 is 0. The van der Waals surface area contributed by atoms with Crippen molar-refractivity contribution in [2.45, 2.75) is 58.7 Å². The van der Waals surface area contributed by atoms with Crippen molar-refractivity contribution < 1.29 is 0 Å². The number of thiazole rings is 1. The molecule has 3 nitrogen and oxygen atoms in total. The van der Waals surface area contributed by atoms with Crippen molar-refractivity contribution in [2.24, 2.45) is 0 Å². The predicted octanol–water partition coefficient (Wildman–Crippen LogP) is 3.71. The molecule has 5 heteroatoms. The second kappa shape index (κ2) is 7.14. The van der Waals surface area contributed by atoms with Gasteiger partial charge < -0.3 is 10.2 Å². The molecule has 20 heavy (non-hydrogen) atoms. The van der Waals surface area contributed by atoms with Gasteiger partial charge in [-0.3, -0.25) is 0 Å². The van der Waals surface area contributed by atoms with Crippen molar-refractivity contribution in [3.05, 3.63) is 10.6 Å². The lowest BCUT2D eigenvalue weighted by Crippen LogP contribution is -2.31. The summed E-state index contributed by atoms with van der Waals surface area (Å²) in [5.41, 5.74) is 1.27. The molecule has 0 aliphatic carbocycles. The molecule has 1 aromatic heterocycles. The van der Waals surface area contributed by atoms with Gasteiger partial charge in [-0.25, -0.2) is 4.98 Å². The molecule has 0 saturated carbocycles. The largest absolute Gasteiger partial charge is 0.347 e. The highest BCUT2D eigenvalue weighted by Gasteiger charge is 2.24. The van der Waals surface area contributed by atoms with Crippen LogP contribution >= 0.6 is 23.1 Å². The molecule has 0 spiro atoms. The summed E-state index contributed by atoms with van der Waals surface area (Å²) in [6.45, 7) is 9.81. The van der Waals surface area contributed by atoms with Crippen LogP contribution < -0.4 is 10.2 Å². The Bertz CT molecular complexity index is 423. The van der Waals surface area contributed by atoms with Crippen LogP contribution in [-0.4, -0.2) is 35.6 Å². The molecule has 0 bridgehead atoms. The maximum absolute atomic E-state index is 4.93. The van der Waals surface area contributed by atoms with Crippen LogP contribution in [0.1, 0.15) is 50.6 Å². The summed E-state index contributed by atoms with van der Waals surface area (Å²) in [7, 11) is 2.21. The van der Waals surface area contributed by atoms with Crippen LogP contribution in [-0.2, 0) is 6.54 Å². The van der Waals surface area contributed by atoms with Crippen LogP contribution in [0.25, 0.3) is 0 Å². The monoisotopic (exact) mass is 313 g/mol. The molecule has 1 atom stereocenters. The second-order valence-corrected chi connectivity index (χ2v) is 8.34. The van der Waals surface area contributed by atoms with Gasteiger partial charge in [0, 0.05) is 36.3 Å². The molecule has 1 aliphatic rings. The van der Waals surface area contributed by atoms with Gasteiger partial charge in [-0.1, -0.05) is 27.7 Å². The molecule has 1 N–H and O–H groups in total. The van der Waals surface area contributed by atoms with E-state index in [4.69, 9.17) is 4.98 Å². The summed E-state index contributed by atoms with van der Waals surface area (Å²) in [5.74, 6) is 3.03. The Morgan fingerprint density at radius 1 is 1.35 bits per heavy atom. The zero-order valence-corrected chi connectivity index (χ0v) is 14.9. The lowest BCUT2D eigenvalue weighted by atomic mass is 10.1. The molecule has 1 fully saturated rings. The third-order valence-electron chi connectivity index (χ3n) is 3.69. The van der Waals surface area contributed by atoms with Gasteiger partial charge in [0.15, 0.2) is 5.13 Å². The number of anilines is 1. The number of hydrogen-bond acceptors (Lipinski definition) is 5. The zero-order chi connectivity index (χ0) is 14.7. The average molecular weight is 314 g/mol. The molecule has 1 saturated heterocycles. The van der Waals surface area contributed by atoms with Crippen LogP contribution in [0.3, 0.4) is 0 Å². The first-order chi connectivity index (χ1) is 9.49. The van der Waals surface area contributed by atoms with Gasteiger partial charge in [-0.05, 0) is 18.1 Å². The highest BCUT2D eigenvalue weighted by Crippen LogP contribution is 2.33. The quantitative estimate of drug-likeness (QED) is 0.866. The molecule has 114 valence electrons. The number of rotatable bonds is 6. The average Bonchev–Trinajstić information content (AvgIpc) is 3.04. The van der Waals surface area contributed by atoms with Gasteiger partial charge in [0.2, 0.25) is 0 Å². The molecule has 0 aromatic carbocycles. The summed E-state index contributed by atoms with van der Waals surface area (Å²) >= 11 is 3.93. The molecule has 2 heterocycles. The van der Waals surface area contributed by atoms with Crippen LogP contribution in [0.2, 0.25) is 0 Å². The number of nitrogens with one attached hydrogen (secondary N) is 1. The van der Waals surface area contributed by atoms with E-state index < -0.39 is 0 Å². The van der Waals surface area contributed by atoms with Crippen molar-refractivity contribution in [3.8, 4) is 0 Å². The molecule has 1 aromatic rings. The third-order valence-corrected chi connectivity index (χ3v) is 6.00. The fraction of sp³-hybridized carbons (Fsp3) is 0.800. The number of thioether (sulfide) groups is 1. The standard InChI is InChI=1S/C15H27N3S2/c1-10(2)14-13(8-16-11(3)4)20-15(17-14)18(5)12-6-7-19-9-12/h10-12,16H,6-9H2,1-5H3. The Kier molecular flexibility index (Phi) is 5.75. The minimum atomic E-state index is 0.496. The normalized spacial score (nSPS) is 19.2. The van der Waals surface area contributed by atoms with Gasteiger partial charge in [0.25, 0.3) is 0 Å². The Labute approximate surface area is 131 Å². The molecule has 2 rings (SSSR count). The Balaban J connectivity index is 2.14. The Hall–Kier alpha value is -0.260. The topological polar surface area (TPSA) is 28.2 Å². The second-order valence-electron chi connectivity index (χ2n) is 6.12. The van der Waals surface area contributed by atoms with Crippen LogP contribution in [0.4, 0.5) is 5.13 Å². The van der Waals surface area contributed by atoms with Crippen LogP contribution in [0.15, 0.2) is 0 Å². The highest BCUT2D eigenvalue weighted by atomic mass is 32.2. The zero-order valence-electron chi connectivity index (χ0n) is 13.3. The van der Waals surface area contributed by atoms with Crippen molar-refractivity contribution in [3.63, 3.8) is 0 Å². The predicted molar refractivity (Wildman–Crippen MR) is 92.3 cm³/mol. The van der Waals surface area contributed by atoms with E-state index >= 15 is 0 Å². The fourth-order valence-electron chi connectivity index (χ4n) is 2.36. The molecular formula is C15H27N3S2. The maximum Gasteiger partial charge on any atom is 0.185 e. The Morgan fingerprint density at radius 3 is 2.65 bits per heavy atom. The van der Waals surface area contributed by atoms with E-state index in [0.29, 0.717) is 18.0 Å². The lowest BCUT2D eigenvalue weighted by molar-refractivity contribution is 0.588. The number of nitrogens with zero attached hydrogens (tertiary/aromatic N) is 2. The van der Waals surface area contributed by atoms with Crippen molar-refractivity contribution in [1.82, 2.24) is 10.3 Å². The van der Waals surface area contributed by atoms with Gasteiger partial charge >= 0.3 is 0 Å². The number of hydrogen-bond donors (Lipinski definition) is 1. The minimum Gasteiger partial charge on any atom is -0.347 e. The van der Waals surface area contributed by atoms with Crippen molar-refractivity contribution >= 4 is 28.2 Å². The lowest BCUT2D eigenvalue weighted by Gasteiger charge is -2.22. The van der Waals surface area contributed by atoms with E-state index in [1.54, 1.807) is 0 Å². The van der Waals surface area contributed by atoms with Gasteiger partial charge in [0.1, 0.15) is 0 Å². The van der Waals surface area contributed by atoms with E-state index in [-0.39, 0.29) is 0 Å². The molecule has 0 radical (unpaired) electrons. The first-order valence-electron chi connectivity index (χ1n) is 7.52. The van der Waals surface area contributed by atoms with Crippen molar-refractivity contribution in [1.29, 1.82) is 0 Å². The highest BCUT2D eigenvalue weighted by molar-refractivity contribution is 7.99. The van der Waals surface area contributed by atoms with E-state index in [1.165, 1.54) is 33.6 Å². The van der Waals surface area contributed by atoms with Crippen molar-refractivity contribution in [2.75, 3.05) is 23.5 Å². The van der Waals surface area contributed by atoms with E-state index in [2.05, 4.69) is 56.7 Å². The van der Waals surface area contributed by atoms with E-state index in [1.807, 2.05) is 11.3 Å². The molecule has 1 aliphatic heterocycles. The van der Waals surface area contributed by atoms with Gasteiger partial charge in [0.05, 0.1) is 5.69 Å². The molecule has 0 amide bonds. The smallest absolute Gasteiger partial charge is 0.185 e. The SMILES string of the molecule is CC(C)NCc1sc(N(C)C2CCSC2)nc1C(C)C.